The van der Waals surface area contributed by atoms with E-state index in [2.05, 4.69) is 0 Å². The summed E-state index contributed by atoms with van der Waals surface area (Å²) in [5.41, 5.74) is 1.58. The van der Waals surface area contributed by atoms with Crippen LogP contribution in [0.2, 0.25) is 10.0 Å². The van der Waals surface area contributed by atoms with Gasteiger partial charge in [-0.3, -0.25) is 14.5 Å². The number of nitrogens with zero attached hydrogens (tertiary/aromatic N) is 1. The second-order valence-corrected chi connectivity index (χ2v) is 8.66. The number of rotatable bonds is 7. The molecule has 2 aromatic carbocycles. The van der Waals surface area contributed by atoms with Gasteiger partial charge < -0.3 is 9.47 Å². The number of carbonyl (C=O) groups excluding carboxylic acids is 2. The highest BCUT2D eigenvalue weighted by atomic mass is 35.5. The van der Waals surface area contributed by atoms with Crippen LogP contribution in [0.4, 0.5) is 4.79 Å². The molecule has 3 rings (SSSR count). The van der Waals surface area contributed by atoms with Gasteiger partial charge in [-0.1, -0.05) is 35.3 Å². The molecule has 0 aliphatic carbocycles. The lowest BCUT2D eigenvalue weighted by molar-refractivity contribution is -0.123. The normalized spacial score (nSPS) is 15.4. The van der Waals surface area contributed by atoms with Gasteiger partial charge in [-0.05, 0) is 74.0 Å². The maximum absolute atomic E-state index is 12.5. The summed E-state index contributed by atoms with van der Waals surface area (Å²) in [5, 5.41) is 0.725. The van der Waals surface area contributed by atoms with Crippen molar-refractivity contribution in [2.24, 2.45) is 0 Å². The van der Waals surface area contributed by atoms with Crippen LogP contribution in [0, 0.1) is 0 Å². The Bertz CT molecular complexity index is 989. The number of thioether (sulfide) groups is 1. The monoisotopic (exact) mass is 465 g/mol. The molecule has 1 aliphatic heterocycles. The summed E-state index contributed by atoms with van der Waals surface area (Å²) in [6, 6.07) is 10.6. The summed E-state index contributed by atoms with van der Waals surface area (Å²) in [6.45, 7) is 6.18. The van der Waals surface area contributed by atoms with Gasteiger partial charge in [0.25, 0.3) is 11.1 Å². The highest BCUT2D eigenvalue weighted by molar-refractivity contribution is 8.18. The zero-order valence-corrected chi connectivity index (χ0v) is 19.1. The number of carbonyl (C=O) groups is 2. The second kappa shape index (κ2) is 9.77. The zero-order valence-electron chi connectivity index (χ0n) is 16.8. The number of hydrogen-bond acceptors (Lipinski definition) is 5. The molecule has 0 atom stereocenters. The maximum atomic E-state index is 12.5. The Morgan fingerprint density at radius 3 is 2.40 bits per heavy atom. The molecule has 0 N–H and O–H groups in total. The van der Waals surface area contributed by atoms with E-state index in [9.17, 15) is 9.59 Å². The summed E-state index contributed by atoms with van der Waals surface area (Å²) in [4.78, 5) is 26.2. The van der Waals surface area contributed by atoms with Gasteiger partial charge in [-0.25, -0.2) is 0 Å². The predicted octanol–water partition coefficient (Wildman–Crippen LogP) is 6.42. The Balaban J connectivity index is 1.86. The SMILES string of the molecule is CCOc1cc(/C=C2/SC(=O)N(C(C)C)C2=O)cc(Cl)c1OCc1ccc(Cl)cc1. The van der Waals surface area contributed by atoms with Gasteiger partial charge in [0.2, 0.25) is 0 Å². The van der Waals surface area contributed by atoms with Crippen molar-refractivity contribution < 1.29 is 19.1 Å². The van der Waals surface area contributed by atoms with E-state index in [0.29, 0.717) is 45.2 Å². The number of benzene rings is 2. The number of halogens is 2. The number of ether oxygens (including phenoxy) is 2. The third kappa shape index (κ3) is 5.12. The average Bonchev–Trinajstić information content (AvgIpc) is 2.96. The van der Waals surface area contributed by atoms with E-state index >= 15 is 0 Å². The Morgan fingerprint density at radius 2 is 1.80 bits per heavy atom. The van der Waals surface area contributed by atoms with Gasteiger partial charge in [0.15, 0.2) is 11.5 Å². The van der Waals surface area contributed by atoms with Crippen LogP contribution in [0.15, 0.2) is 41.3 Å². The summed E-state index contributed by atoms with van der Waals surface area (Å²) in [7, 11) is 0. The molecular weight excluding hydrogens is 445 g/mol. The van der Waals surface area contributed by atoms with Gasteiger partial charge in [0.1, 0.15) is 6.61 Å². The Labute approximate surface area is 189 Å². The molecule has 2 amide bonds. The van der Waals surface area contributed by atoms with E-state index in [1.54, 1.807) is 44.2 Å². The standard InChI is InChI=1S/C22H21Cl2NO4S/c1-4-28-18-10-15(11-19-21(26)25(13(2)3)22(27)30-19)9-17(24)20(18)29-12-14-5-7-16(23)8-6-14/h5-11,13H,4,12H2,1-3H3/b19-11+. The molecule has 5 nitrogen and oxygen atoms in total. The number of amides is 2. The maximum Gasteiger partial charge on any atom is 0.293 e. The van der Waals surface area contributed by atoms with Gasteiger partial charge >= 0.3 is 0 Å². The molecule has 0 bridgehead atoms. The van der Waals surface area contributed by atoms with Crippen molar-refractivity contribution in [3.05, 3.63) is 62.5 Å². The molecule has 8 heteroatoms. The van der Waals surface area contributed by atoms with Gasteiger partial charge in [0.05, 0.1) is 16.5 Å². The van der Waals surface area contributed by atoms with Crippen LogP contribution in [0.1, 0.15) is 31.9 Å². The zero-order chi connectivity index (χ0) is 21.8. The molecule has 0 spiro atoms. The molecular formula is C22H21Cl2NO4S. The molecule has 1 saturated heterocycles. The lowest BCUT2D eigenvalue weighted by Crippen LogP contribution is -2.34. The van der Waals surface area contributed by atoms with Crippen molar-refractivity contribution in [1.29, 1.82) is 0 Å². The van der Waals surface area contributed by atoms with Crippen molar-refractivity contribution in [3.8, 4) is 11.5 Å². The van der Waals surface area contributed by atoms with Gasteiger partial charge in [-0.15, -0.1) is 0 Å². The number of imide groups is 1. The molecule has 0 radical (unpaired) electrons. The summed E-state index contributed by atoms with van der Waals surface area (Å²) < 4.78 is 11.6. The second-order valence-electron chi connectivity index (χ2n) is 6.82. The van der Waals surface area contributed by atoms with E-state index in [1.807, 2.05) is 19.1 Å². The molecule has 0 unspecified atom stereocenters. The number of hydrogen-bond donors (Lipinski definition) is 0. The lowest BCUT2D eigenvalue weighted by Gasteiger charge is -2.16. The average molecular weight is 466 g/mol. The van der Waals surface area contributed by atoms with E-state index in [0.717, 1.165) is 17.3 Å². The lowest BCUT2D eigenvalue weighted by atomic mass is 10.1. The van der Waals surface area contributed by atoms with Crippen molar-refractivity contribution in [1.82, 2.24) is 4.90 Å². The van der Waals surface area contributed by atoms with Crippen LogP contribution >= 0.6 is 35.0 Å². The van der Waals surface area contributed by atoms with E-state index in [-0.39, 0.29) is 17.2 Å². The molecule has 1 heterocycles. The summed E-state index contributed by atoms with van der Waals surface area (Å²) >= 11 is 13.3. The van der Waals surface area contributed by atoms with Crippen LogP contribution < -0.4 is 9.47 Å². The first-order valence-corrected chi connectivity index (χ1v) is 11.0. The van der Waals surface area contributed by atoms with Gasteiger partial charge in [0, 0.05) is 11.1 Å². The van der Waals surface area contributed by atoms with Crippen LogP contribution in [0.5, 0.6) is 11.5 Å². The molecule has 1 aliphatic rings. The first-order chi connectivity index (χ1) is 14.3. The molecule has 0 saturated carbocycles. The molecule has 0 aromatic heterocycles. The smallest absolute Gasteiger partial charge is 0.293 e. The van der Waals surface area contributed by atoms with E-state index < -0.39 is 0 Å². The topological polar surface area (TPSA) is 55.8 Å². The van der Waals surface area contributed by atoms with Gasteiger partial charge in [-0.2, -0.15) is 0 Å². The van der Waals surface area contributed by atoms with Crippen LogP contribution in [-0.4, -0.2) is 28.7 Å². The summed E-state index contributed by atoms with van der Waals surface area (Å²) in [6.07, 6.45) is 1.64. The van der Waals surface area contributed by atoms with Crippen LogP contribution in [0.3, 0.4) is 0 Å². The Hall–Kier alpha value is -2.15. The fourth-order valence-electron chi connectivity index (χ4n) is 2.89. The fraction of sp³-hybridized carbons (Fsp3) is 0.273. The highest BCUT2D eigenvalue weighted by Crippen LogP contribution is 2.39. The largest absolute Gasteiger partial charge is 0.490 e. The van der Waals surface area contributed by atoms with Crippen LogP contribution in [0.25, 0.3) is 6.08 Å². The predicted molar refractivity (Wildman–Crippen MR) is 121 cm³/mol. The highest BCUT2D eigenvalue weighted by Gasteiger charge is 2.36. The Kier molecular flexibility index (Phi) is 7.34. The molecule has 1 fully saturated rings. The van der Waals surface area contributed by atoms with Crippen molar-refractivity contribution in [2.75, 3.05) is 6.61 Å². The summed E-state index contributed by atoms with van der Waals surface area (Å²) in [5.74, 6) is 0.575. The van der Waals surface area contributed by atoms with Crippen molar-refractivity contribution in [2.45, 2.75) is 33.4 Å². The molecule has 30 heavy (non-hydrogen) atoms. The van der Waals surface area contributed by atoms with E-state index in [4.69, 9.17) is 32.7 Å². The molecule has 2 aromatic rings. The molecule has 158 valence electrons. The fourth-order valence-corrected chi connectivity index (χ4v) is 4.25. The first-order valence-electron chi connectivity index (χ1n) is 9.40. The van der Waals surface area contributed by atoms with Crippen molar-refractivity contribution in [3.63, 3.8) is 0 Å². The van der Waals surface area contributed by atoms with E-state index in [1.165, 1.54) is 4.90 Å². The minimum absolute atomic E-state index is 0.199. The minimum atomic E-state index is -0.308. The first kappa shape index (κ1) is 22.5. The Morgan fingerprint density at radius 1 is 1.10 bits per heavy atom. The quantitative estimate of drug-likeness (QED) is 0.441. The van der Waals surface area contributed by atoms with Crippen LogP contribution in [-0.2, 0) is 11.4 Å². The van der Waals surface area contributed by atoms with Crippen molar-refractivity contribution >= 4 is 52.2 Å². The third-order valence-corrected chi connectivity index (χ3v) is 5.68. The minimum Gasteiger partial charge on any atom is -0.490 e. The third-order valence-electron chi connectivity index (χ3n) is 4.27.